The Morgan fingerprint density at radius 1 is 1.37 bits per heavy atom. The molecule has 0 aliphatic heterocycles. The molecule has 0 unspecified atom stereocenters. The number of aromatic nitrogens is 4. The first kappa shape index (κ1) is 13.8. The zero-order chi connectivity index (χ0) is 14.0. The summed E-state index contributed by atoms with van der Waals surface area (Å²) in [6.07, 6.45) is -3.35. The highest BCUT2D eigenvalue weighted by molar-refractivity contribution is 6.29. The highest BCUT2D eigenvalue weighted by Crippen LogP contribution is 2.27. The Morgan fingerprint density at radius 2 is 2.11 bits per heavy atom. The summed E-state index contributed by atoms with van der Waals surface area (Å²) >= 11 is 5.76. The van der Waals surface area contributed by atoms with E-state index in [0.29, 0.717) is 0 Å². The van der Waals surface area contributed by atoms with E-state index in [-0.39, 0.29) is 23.4 Å². The van der Waals surface area contributed by atoms with Gasteiger partial charge in [-0.1, -0.05) is 11.6 Å². The van der Waals surface area contributed by atoms with Crippen LogP contribution in [0.3, 0.4) is 0 Å². The van der Waals surface area contributed by atoms with E-state index < -0.39 is 11.9 Å². The molecule has 0 saturated carbocycles. The fourth-order valence-corrected chi connectivity index (χ4v) is 1.56. The first-order chi connectivity index (χ1) is 8.90. The fourth-order valence-electron chi connectivity index (χ4n) is 1.37. The second-order valence-corrected chi connectivity index (χ2v) is 3.93. The standard InChI is InChI=1S/C10H8ClF3N4O/c1-19-5-8-15-7(11)4-9(16-8)18-3-2-6(17-18)10(12,13)14/h2-4H,5H2,1H3. The molecule has 0 N–H and O–H groups in total. The zero-order valence-corrected chi connectivity index (χ0v) is 10.4. The molecule has 2 aromatic heterocycles. The molecule has 0 saturated heterocycles. The monoisotopic (exact) mass is 292 g/mol. The second kappa shape index (κ2) is 5.14. The lowest BCUT2D eigenvalue weighted by molar-refractivity contribution is -0.141. The van der Waals surface area contributed by atoms with Gasteiger partial charge in [-0.15, -0.1) is 0 Å². The van der Waals surface area contributed by atoms with Crippen LogP contribution >= 0.6 is 11.6 Å². The number of alkyl halides is 3. The van der Waals surface area contributed by atoms with E-state index in [1.165, 1.54) is 13.2 Å². The van der Waals surface area contributed by atoms with Gasteiger partial charge in [-0.2, -0.15) is 18.3 Å². The third-order valence-corrected chi connectivity index (χ3v) is 2.31. The molecular weight excluding hydrogens is 285 g/mol. The quantitative estimate of drug-likeness (QED) is 0.816. The first-order valence-corrected chi connectivity index (χ1v) is 5.43. The summed E-state index contributed by atoms with van der Waals surface area (Å²) in [5.41, 5.74) is -1.00. The molecular formula is C10H8ClF3N4O. The van der Waals surface area contributed by atoms with Gasteiger partial charge in [0.1, 0.15) is 11.8 Å². The summed E-state index contributed by atoms with van der Waals surface area (Å²) in [5.74, 6) is 0.400. The minimum atomic E-state index is -4.50. The van der Waals surface area contributed by atoms with Crippen molar-refractivity contribution in [2.24, 2.45) is 0 Å². The lowest BCUT2D eigenvalue weighted by Gasteiger charge is -2.05. The maximum absolute atomic E-state index is 12.4. The predicted octanol–water partition coefficient (Wildman–Crippen LogP) is 2.48. The van der Waals surface area contributed by atoms with E-state index in [4.69, 9.17) is 16.3 Å². The van der Waals surface area contributed by atoms with Gasteiger partial charge in [0.25, 0.3) is 0 Å². The lowest BCUT2D eigenvalue weighted by Crippen LogP contribution is -2.09. The summed E-state index contributed by atoms with van der Waals surface area (Å²) in [6, 6.07) is 2.17. The molecule has 0 aliphatic rings. The number of methoxy groups -OCH3 is 1. The van der Waals surface area contributed by atoms with Crippen LogP contribution in [0.25, 0.3) is 5.82 Å². The summed E-state index contributed by atoms with van der Waals surface area (Å²) in [5, 5.41) is 3.49. The fraction of sp³-hybridized carbons (Fsp3) is 0.300. The average Bonchev–Trinajstić information content (AvgIpc) is 2.77. The number of ether oxygens (including phenoxy) is 1. The second-order valence-electron chi connectivity index (χ2n) is 3.54. The van der Waals surface area contributed by atoms with Gasteiger partial charge in [-0.3, -0.25) is 0 Å². The molecule has 19 heavy (non-hydrogen) atoms. The molecule has 0 fully saturated rings. The van der Waals surface area contributed by atoms with Crippen molar-refractivity contribution in [1.82, 2.24) is 19.7 Å². The van der Waals surface area contributed by atoms with Gasteiger partial charge in [-0.25, -0.2) is 14.6 Å². The SMILES string of the molecule is COCc1nc(Cl)cc(-n2ccc(C(F)(F)F)n2)n1. The van der Waals surface area contributed by atoms with Gasteiger partial charge >= 0.3 is 6.18 Å². The van der Waals surface area contributed by atoms with Crippen molar-refractivity contribution < 1.29 is 17.9 Å². The van der Waals surface area contributed by atoms with E-state index in [1.54, 1.807) is 0 Å². The highest BCUT2D eigenvalue weighted by Gasteiger charge is 2.33. The Bertz CT molecular complexity index is 584. The van der Waals surface area contributed by atoms with Gasteiger partial charge in [-0.05, 0) is 6.07 Å². The molecule has 5 nitrogen and oxygen atoms in total. The molecule has 2 aromatic rings. The van der Waals surface area contributed by atoms with E-state index in [2.05, 4.69) is 15.1 Å². The lowest BCUT2D eigenvalue weighted by atomic mass is 10.4. The molecule has 0 spiro atoms. The Morgan fingerprint density at radius 3 is 2.68 bits per heavy atom. The smallest absolute Gasteiger partial charge is 0.377 e. The Balaban J connectivity index is 2.38. The van der Waals surface area contributed by atoms with Gasteiger partial charge in [0.2, 0.25) is 0 Å². The minimum absolute atomic E-state index is 0.0982. The topological polar surface area (TPSA) is 52.8 Å². The summed E-state index contributed by atoms with van der Waals surface area (Å²) < 4.78 is 43.1. The van der Waals surface area contributed by atoms with Crippen molar-refractivity contribution in [3.8, 4) is 5.82 Å². The summed E-state index contributed by atoms with van der Waals surface area (Å²) in [4.78, 5) is 7.87. The van der Waals surface area contributed by atoms with E-state index in [1.807, 2.05) is 0 Å². The highest BCUT2D eigenvalue weighted by atomic mass is 35.5. The number of hydrogen-bond acceptors (Lipinski definition) is 4. The molecule has 102 valence electrons. The molecule has 0 bridgehead atoms. The van der Waals surface area contributed by atoms with Crippen molar-refractivity contribution in [1.29, 1.82) is 0 Å². The van der Waals surface area contributed by atoms with Crippen molar-refractivity contribution in [3.63, 3.8) is 0 Å². The molecule has 0 amide bonds. The number of hydrogen-bond donors (Lipinski definition) is 0. The Kier molecular flexibility index (Phi) is 3.72. The van der Waals surface area contributed by atoms with Crippen molar-refractivity contribution in [3.05, 3.63) is 35.0 Å². The van der Waals surface area contributed by atoms with Crippen LogP contribution in [0.5, 0.6) is 0 Å². The predicted molar refractivity (Wildman–Crippen MR) is 59.9 cm³/mol. The number of rotatable bonds is 3. The van der Waals surface area contributed by atoms with Gasteiger partial charge in [0.15, 0.2) is 17.3 Å². The van der Waals surface area contributed by atoms with Gasteiger partial charge in [0, 0.05) is 19.4 Å². The van der Waals surface area contributed by atoms with Crippen LogP contribution in [0.1, 0.15) is 11.5 Å². The van der Waals surface area contributed by atoms with Crippen LogP contribution in [0.15, 0.2) is 18.3 Å². The van der Waals surface area contributed by atoms with E-state index >= 15 is 0 Å². The van der Waals surface area contributed by atoms with Crippen LogP contribution in [-0.4, -0.2) is 26.9 Å². The molecule has 0 aromatic carbocycles. The molecule has 0 radical (unpaired) electrons. The summed E-state index contributed by atoms with van der Waals surface area (Å²) in [6.45, 7) is 0.0982. The van der Waals surface area contributed by atoms with Crippen molar-refractivity contribution in [2.45, 2.75) is 12.8 Å². The number of halogens is 4. The molecule has 0 atom stereocenters. The van der Waals surface area contributed by atoms with Gasteiger partial charge in [0.05, 0.1) is 0 Å². The third-order valence-electron chi connectivity index (χ3n) is 2.12. The van der Waals surface area contributed by atoms with Crippen LogP contribution in [-0.2, 0) is 17.5 Å². The first-order valence-electron chi connectivity index (χ1n) is 5.06. The zero-order valence-electron chi connectivity index (χ0n) is 9.65. The molecule has 2 rings (SSSR count). The maximum Gasteiger partial charge on any atom is 0.435 e. The van der Waals surface area contributed by atoms with Crippen LogP contribution in [0.4, 0.5) is 13.2 Å². The summed E-state index contributed by atoms with van der Waals surface area (Å²) in [7, 11) is 1.44. The molecule has 2 heterocycles. The Labute approximate surface area is 111 Å². The normalized spacial score (nSPS) is 11.8. The Hall–Kier alpha value is -1.67. The van der Waals surface area contributed by atoms with Gasteiger partial charge < -0.3 is 4.74 Å². The van der Waals surface area contributed by atoms with E-state index in [0.717, 1.165) is 16.9 Å². The largest absolute Gasteiger partial charge is 0.435 e. The minimum Gasteiger partial charge on any atom is -0.377 e. The number of nitrogens with zero attached hydrogens (tertiary/aromatic N) is 4. The molecule has 0 aliphatic carbocycles. The average molecular weight is 293 g/mol. The van der Waals surface area contributed by atoms with Crippen LogP contribution in [0, 0.1) is 0 Å². The van der Waals surface area contributed by atoms with E-state index in [9.17, 15) is 13.2 Å². The van der Waals surface area contributed by atoms with Crippen molar-refractivity contribution in [2.75, 3.05) is 7.11 Å². The van der Waals surface area contributed by atoms with Crippen molar-refractivity contribution >= 4 is 11.6 Å². The maximum atomic E-state index is 12.4. The van der Waals surface area contributed by atoms with Crippen LogP contribution in [0.2, 0.25) is 5.15 Å². The third kappa shape index (κ3) is 3.21. The molecule has 9 heteroatoms. The van der Waals surface area contributed by atoms with Crippen LogP contribution < -0.4 is 0 Å².